The van der Waals surface area contributed by atoms with Crippen LogP contribution in [0, 0.1) is 5.82 Å². The van der Waals surface area contributed by atoms with Crippen LogP contribution in [0.2, 0.25) is 0 Å². The minimum Gasteiger partial charge on any atom is -0.293 e. The molecule has 0 amide bonds. The van der Waals surface area contributed by atoms with Crippen molar-refractivity contribution in [2.75, 3.05) is 0 Å². The zero-order valence-corrected chi connectivity index (χ0v) is 11.3. The summed E-state index contributed by atoms with van der Waals surface area (Å²) in [6, 6.07) is 10.7. The van der Waals surface area contributed by atoms with Crippen LogP contribution in [0.15, 0.2) is 46.9 Å². The summed E-state index contributed by atoms with van der Waals surface area (Å²) in [4.78, 5) is 24.6. The van der Waals surface area contributed by atoms with Crippen molar-refractivity contribution in [3.05, 3.63) is 69.4 Å². The molecule has 0 saturated heterocycles. The molecule has 0 bridgehead atoms. The zero-order chi connectivity index (χ0) is 13.6. The number of Topliss-reactive ketones (excluding diaryl/α,β-unsaturated/α-hetero) is 2. The van der Waals surface area contributed by atoms with Crippen LogP contribution in [0.3, 0.4) is 0 Å². The Balaban J connectivity index is 2.17. The molecule has 0 aliphatic heterocycles. The summed E-state index contributed by atoms with van der Waals surface area (Å²) in [6.07, 6.45) is 0. The Morgan fingerprint density at radius 2 is 1.53 bits per heavy atom. The molecule has 3 rings (SSSR count). The maximum atomic E-state index is 13.3. The fourth-order valence-corrected chi connectivity index (χ4v) is 2.84. The first-order chi connectivity index (χ1) is 9.09. The van der Waals surface area contributed by atoms with E-state index < -0.39 is 11.7 Å². The molecule has 0 N–H and O–H groups in total. The summed E-state index contributed by atoms with van der Waals surface area (Å²) in [5.41, 5.74) is 1.20. The predicted octanol–water partition coefficient (Wildman–Crippen LogP) is 3.75. The van der Waals surface area contributed by atoms with E-state index in [0.29, 0.717) is 21.2 Å². The Kier molecular flexibility index (Phi) is 2.82. The highest BCUT2D eigenvalue weighted by Gasteiger charge is 2.40. The number of halogens is 2. The Bertz CT molecular complexity index is 674. The highest BCUT2D eigenvalue weighted by atomic mass is 79.9. The van der Waals surface area contributed by atoms with Crippen molar-refractivity contribution in [2.24, 2.45) is 0 Å². The third kappa shape index (κ3) is 1.83. The van der Waals surface area contributed by atoms with Gasteiger partial charge in [-0.2, -0.15) is 0 Å². The third-order valence-corrected chi connectivity index (χ3v) is 3.97. The van der Waals surface area contributed by atoms with Crippen molar-refractivity contribution in [1.29, 1.82) is 0 Å². The topological polar surface area (TPSA) is 34.1 Å². The standard InChI is InChI=1S/C15H8BrFO2/c16-12-6-5-8(17)7-11(12)13-14(18)9-3-1-2-4-10(9)15(13)19/h1-7,13H. The number of hydrogen-bond acceptors (Lipinski definition) is 2. The molecule has 0 unspecified atom stereocenters. The molecular formula is C15H8BrFO2. The lowest BCUT2D eigenvalue weighted by molar-refractivity contribution is 0.0889. The van der Waals surface area contributed by atoms with Crippen molar-refractivity contribution in [2.45, 2.75) is 5.92 Å². The lowest BCUT2D eigenvalue weighted by Gasteiger charge is -2.09. The van der Waals surface area contributed by atoms with Gasteiger partial charge in [-0.15, -0.1) is 0 Å². The van der Waals surface area contributed by atoms with Crippen LogP contribution in [0.1, 0.15) is 32.2 Å². The molecular weight excluding hydrogens is 311 g/mol. The van der Waals surface area contributed by atoms with Crippen molar-refractivity contribution in [3.8, 4) is 0 Å². The van der Waals surface area contributed by atoms with Crippen LogP contribution in [-0.2, 0) is 0 Å². The number of benzene rings is 2. The number of carbonyl (C=O) groups is 2. The van der Waals surface area contributed by atoms with Gasteiger partial charge in [-0.1, -0.05) is 40.2 Å². The number of ketones is 2. The zero-order valence-electron chi connectivity index (χ0n) is 9.69. The minimum atomic E-state index is -0.942. The summed E-state index contributed by atoms with van der Waals surface area (Å²) in [5, 5.41) is 0. The molecule has 2 nitrogen and oxygen atoms in total. The largest absolute Gasteiger partial charge is 0.293 e. The van der Waals surface area contributed by atoms with E-state index in [-0.39, 0.29) is 11.6 Å². The normalized spacial score (nSPS) is 14.8. The van der Waals surface area contributed by atoms with Crippen molar-refractivity contribution in [3.63, 3.8) is 0 Å². The van der Waals surface area contributed by atoms with Gasteiger partial charge in [0.15, 0.2) is 11.6 Å². The number of rotatable bonds is 1. The van der Waals surface area contributed by atoms with E-state index in [2.05, 4.69) is 15.9 Å². The molecule has 1 aliphatic rings. The average Bonchev–Trinajstić information content (AvgIpc) is 2.66. The SMILES string of the molecule is O=C1c2ccccc2C(=O)C1c1cc(F)ccc1Br. The molecule has 0 saturated carbocycles. The van der Waals surface area contributed by atoms with Gasteiger partial charge in [-0.05, 0) is 23.8 Å². The average molecular weight is 319 g/mol. The Morgan fingerprint density at radius 1 is 0.947 bits per heavy atom. The van der Waals surface area contributed by atoms with Gasteiger partial charge in [-0.3, -0.25) is 9.59 Å². The summed E-state index contributed by atoms with van der Waals surface area (Å²) in [7, 11) is 0. The monoisotopic (exact) mass is 318 g/mol. The summed E-state index contributed by atoms with van der Waals surface area (Å²) >= 11 is 3.27. The summed E-state index contributed by atoms with van der Waals surface area (Å²) < 4.78 is 13.9. The van der Waals surface area contributed by atoms with E-state index in [4.69, 9.17) is 0 Å². The second-order valence-corrected chi connectivity index (χ2v) is 5.23. The summed E-state index contributed by atoms with van der Waals surface area (Å²) in [5.74, 6) is -1.95. The van der Waals surface area contributed by atoms with E-state index in [0.717, 1.165) is 0 Å². The fourth-order valence-electron chi connectivity index (χ4n) is 2.36. The van der Waals surface area contributed by atoms with Crippen molar-refractivity contribution >= 4 is 27.5 Å². The maximum absolute atomic E-state index is 13.3. The second-order valence-electron chi connectivity index (χ2n) is 4.37. The molecule has 2 aromatic rings. The van der Waals surface area contributed by atoms with Gasteiger partial charge in [0.25, 0.3) is 0 Å². The van der Waals surface area contributed by atoms with E-state index >= 15 is 0 Å². The van der Waals surface area contributed by atoms with Gasteiger partial charge < -0.3 is 0 Å². The third-order valence-electron chi connectivity index (χ3n) is 3.25. The maximum Gasteiger partial charge on any atom is 0.178 e. The van der Waals surface area contributed by atoms with Crippen LogP contribution >= 0.6 is 15.9 Å². The smallest absolute Gasteiger partial charge is 0.178 e. The van der Waals surface area contributed by atoms with Gasteiger partial charge in [0.05, 0.1) is 0 Å². The van der Waals surface area contributed by atoms with E-state index in [9.17, 15) is 14.0 Å². The predicted molar refractivity (Wildman–Crippen MR) is 71.9 cm³/mol. The van der Waals surface area contributed by atoms with E-state index in [1.807, 2.05) is 0 Å². The van der Waals surface area contributed by atoms with Crippen LogP contribution in [-0.4, -0.2) is 11.6 Å². The highest BCUT2D eigenvalue weighted by Crippen LogP contribution is 2.37. The Labute approximate surface area is 117 Å². The molecule has 0 heterocycles. The first-order valence-corrected chi connectivity index (χ1v) is 6.51. The van der Waals surface area contributed by atoms with Crippen LogP contribution in [0.5, 0.6) is 0 Å². The molecule has 94 valence electrons. The number of carbonyl (C=O) groups excluding carboxylic acids is 2. The first-order valence-electron chi connectivity index (χ1n) is 5.72. The van der Waals surface area contributed by atoms with E-state index in [1.165, 1.54) is 18.2 Å². The molecule has 2 aromatic carbocycles. The van der Waals surface area contributed by atoms with Gasteiger partial charge in [0.2, 0.25) is 0 Å². The Morgan fingerprint density at radius 3 is 2.11 bits per heavy atom. The quantitative estimate of drug-likeness (QED) is 0.750. The van der Waals surface area contributed by atoms with Gasteiger partial charge in [0, 0.05) is 15.6 Å². The lowest BCUT2D eigenvalue weighted by atomic mass is 9.94. The summed E-state index contributed by atoms with van der Waals surface area (Å²) in [6.45, 7) is 0. The molecule has 0 aromatic heterocycles. The van der Waals surface area contributed by atoms with Crippen molar-refractivity contribution in [1.82, 2.24) is 0 Å². The molecule has 0 fully saturated rings. The van der Waals surface area contributed by atoms with Gasteiger partial charge in [-0.25, -0.2) is 4.39 Å². The van der Waals surface area contributed by atoms with Crippen molar-refractivity contribution < 1.29 is 14.0 Å². The van der Waals surface area contributed by atoms with Gasteiger partial charge in [0.1, 0.15) is 11.7 Å². The lowest BCUT2D eigenvalue weighted by Crippen LogP contribution is -2.13. The molecule has 1 aliphatic carbocycles. The molecule has 0 atom stereocenters. The number of fused-ring (bicyclic) bond motifs is 1. The van der Waals surface area contributed by atoms with Gasteiger partial charge >= 0.3 is 0 Å². The second kappa shape index (κ2) is 4.38. The fraction of sp³-hybridized carbons (Fsp3) is 0.0667. The van der Waals surface area contributed by atoms with Crippen LogP contribution in [0.25, 0.3) is 0 Å². The Hall–Kier alpha value is -1.81. The molecule has 0 spiro atoms. The van der Waals surface area contributed by atoms with Crippen LogP contribution in [0.4, 0.5) is 4.39 Å². The molecule has 4 heteroatoms. The molecule has 19 heavy (non-hydrogen) atoms. The number of hydrogen-bond donors (Lipinski definition) is 0. The first kappa shape index (κ1) is 12.2. The van der Waals surface area contributed by atoms with E-state index in [1.54, 1.807) is 24.3 Å². The highest BCUT2D eigenvalue weighted by molar-refractivity contribution is 9.10. The van der Waals surface area contributed by atoms with Crippen LogP contribution < -0.4 is 0 Å². The minimum absolute atomic E-state index is 0.271. The molecule has 0 radical (unpaired) electrons.